The van der Waals surface area contributed by atoms with Crippen LogP contribution in [0.3, 0.4) is 0 Å². The van der Waals surface area contributed by atoms with E-state index in [9.17, 15) is 4.79 Å². The Morgan fingerprint density at radius 3 is 2.96 bits per heavy atom. The zero-order valence-electron chi connectivity index (χ0n) is 15.3. The monoisotopic (exact) mass is 364 g/mol. The van der Waals surface area contributed by atoms with Gasteiger partial charge < -0.3 is 11.1 Å². The maximum atomic E-state index is 12.6. The second kappa shape index (κ2) is 6.28. The maximum Gasteiger partial charge on any atom is 0.254 e. The molecule has 1 saturated carbocycles. The molecule has 2 aromatic rings. The van der Waals surface area contributed by atoms with E-state index in [4.69, 9.17) is 5.73 Å². The van der Waals surface area contributed by atoms with Gasteiger partial charge in [0, 0.05) is 30.4 Å². The number of carbonyl (C=O) groups is 1. The van der Waals surface area contributed by atoms with Crippen LogP contribution in [0.5, 0.6) is 0 Å². The zero-order chi connectivity index (χ0) is 18.5. The van der Waals surface area contributed by atoms with Crippen molar-refractivity contribution in [3.8, 4) is 11.1 Å². The highest BCUT2D eigenvalue weighted by Gasteiger charge is 2.43. The molecule has 1 saturated heterocycles. The highest BCUT2D eigenvalue weighted by molar-refractivity contribution is 6.06. The molecule has 3 heterocycles. The van der Waals surface area contributed by atoms with E-state index in [0.29, 0.717) is 41.6 Å². The van der Waals surface area contributed by atoms with Gasteiger partial charge in [-0.05, 0) is 59.4 Å². The predicted molar refractivity (Wildman–Crippen MR) is 103 cm³/mol. The molecule has 1 aromatic heterocycles. The Labute approximate surface area is 158 Å². The Balaban J connectivity index is 1.71. The minimum atomic E-state index is -0.0738. The molecule has 5 rings (SSSR count). The summed E-state index contributed by atoms with van der Waals surface area (Å²) in [7, 11) is 0. The molecule has 1 amide bonds. The number of carbonyl (C=O) groups excluding carboxylic acids is 1. The molecule has 0 bridgehead atoms. The van der Waals surface area contributed by atoms with Crippen molar-refractivity contribution in [2.75, 3.05) is 12.3 Å². The molecule has 7 heteroatoms. The molecule has 3 aliphatic rings. The number of nitrogens with zero attached hydrogens (tertiary/aromatic N) is 2. The highest BCUT2D eigenvalue weighted by atomic mass is 16.1. The molecule has 2 aliphatic heterocycles. The van der Waals surface area contributed by atoms with Crippen LogP contribution in [0.15, 0.2) is 24.5 Å². The summed E-state index contributed by atoms with van der Waals surface area (Å²) in [6.07, 6.45) is 5.76. The Bertz CT molecular complexity index is 899. The molecule has 1 aromatic carbocycles. The summed E-state index contributed by atoms with van der Waals surface area (Å²) in [6.45, 7) is 3.74. The number of benzene rings is 1. The van der Waals surface area contributed by atoms with Gasteiger partial charge in [0.05, 0.1) is 18.0 Å². The molecule has 1 aliphatic carbocycles. The molecular weight excluding hydrogens is 340 g/mol. The molecule has 5 N–H and O–H groups in total. The lowest BCUT2D eigenvalue weighted by molar-refractivity contribution is 0.0966. The van der Waals surface area contributed by atoms with Gasteiger partial charge in [-0.25, -0.2) is 0 Å². The fourth-order valence-corrected chi connectivity index (χ4v) is 5.25. The van der Waals surface area contributed by atoms with Gasteiger partial charge in [0.1, 0.15) is 0 Å². The summed E-state index contributed by atoms with van der Waals surface area (Å²) in [4.78, 5) is 12.6. The number of hydrogen-bond acceptors (Lipinski definition) is 6. The van der Waals surface area contributed by atoms with Crippen molar-refractivity contribution in [2.45, 2.75) is 38.3 Å². The molecule has 4 unspecified atom stereocenters. The number of fused-ring (bicyclic) bond motifs is 2. The number of anilines is 1. The maximum absolute atomic E-state index is 12.6. The topological polar surface area (TPSA) is 105 Å². The molecule has 0 radical (unpaired) electrons. The molecule has 7 nitrogen and oxygen atoms in total. The Hall–Kier alpha value is -2.51. The first kappa shape index (κ1) is 16.6. The second-order valence-corrected chi connectivity index (χ2v) is 7.97. The van der Waals surface area contributed by atoms with Crippen molar-refractivity contribution >= 4 is 11.6 Å². The molecule has 140 valence electrons. The summed E-state index contributed by atoms with van der Waals surface area (Å²) in [5, 5.41) is 10.9. The van der Waals surface area contributed by atoms with E-state index in [1.54, 1.807) is 12.4 Å². The number of hydrogen-bond donors (Lipinski definition) is 4. The van der Waals surface area contributed by atoms with Crippen molar-refractivity contribution in [1.29, 1.82) is 0 Å². The Morgan fingerprint density at radius 1 is 1.26 bits per heavy atom. The van der Waals surface area contributed by atoms with E-state index < -0.39 is 0 Å². The van der Waals surface area contributed by atoms with Crippen LogP contribution in [0.2, 0.25) is 0 Å². The molecule has 0 spiro atoms. The number of rotatable bonds is 2. The van der Waals surface area contributed by atoms with Gasteiger partial charge in [-0.15, -0.1) is 0 Å². The lowest BCUT2D eigenvalue weighted by atomic mass is 9.67. The third kappa shape index (κ3) is 2.53. The predicted octanol–water partition coefficient (Wildman–Crippen LogP) is 1.58. The van der Waals surface area contributed by atoms with E-state index in [-0.39, 0.29) is 5.91 Å². The smallest absolute Gasteiger partial charge is 0.254 e. The summed E-state index contributed by atoms with van der Waals surface area (Å²) >= 11 is 0. The van der Waals surface area contributed by atoms with Crippen LogP contribution in [0.25, 0.3) is 11.1 Å². The average molecular weight is 364 g/mol. The largest absolute Gasteiger partial charge is 0.398 e. The third-order valence-corrected chi connectivity index (χ3v) is 6.56. The van der Waals surface area contributed by atoms with E-state index in [1.165, 1.54) is 6.42 Å². The van der Waals surface area contributed by atoms with E-state index in [2.05, 4.69) is 39.4 Å². The molecule has 2 fully saturated rings. The van der Waals surface area contributed by atoms with Crippen molar-refractivity contribution in [2.24, 2.45) is 11.8 Å². The van der Waals surface area contributed by atoms with Crippen LogP contribution in [0, 0.1) is 11.8 Å². The van der Waals surface area contributed by atoms with Gasteiger partial charge in [-0.3, -0.25) is 15.6 Å². The van der Waals surface area contributed by atoms with Crippen molar-refractivity contribution in [3.63, 3.8) is 0 Å². The fourth-order valence-electron chi connectivity index (χ4n) is 5.25. The summed E-state index contributed by atoms with van der Waals surface area (Å²) < 4.78 is 0. The first-order valence-corrected chi connectivity index (χ1v) is 9.64. The van der Waals surface area contributed by atoms with Crippen LogP contribution in [-0.4, -0.2) is 28.7 Å². The molecule has 4 atom stereocenters. The average Bonchev–Trinajstić information content (AvgIpc) is 3.31. The zero-order valence-corrected chi connectivity index (χ0v) is 15.3. The Kier molecular flexibility index (Phi) is 3.87. The van der Waals surface area contributed by atoms with Crippen molar-refractivity contribution in [1.82, 2.24) is 26.4 Å². The van der Waals surface area contributed by atoms with Gasteiger partial charge >= 0.3 is 0 Å². The fraction of sp³-hybridized carbons (Fsp3) is 0.450. The number of aromatic nitrogens is 2. The van der Waals surface area contributed by atoms with Crippen LogP contribution in [0.4, 0.5) is 5.69 Å². The first-order valence-electron chi connectivity index (χ1n) is 9.64. The number of nitrogens with two attached hydrogens (primary N) is 1. The summed E-state index contributed by atoms with van der Waals surface area (Å²) in [6, 6.07) is 4.60. The molecular formula is C20H24N6O. The number of nitrogens with one attached hydrogen (secondary N) is 3. The van der Waals surface area contributed by atoms with E-state index in [0.717, 1.165) is 35.2 Å². The minimum absolute atomic E-state index is 0.0738. The number of amides is 1. The quantitative estimate of drug-likeness (QED) is 0.603. The van der Waals surface area contributed by atoms with E-state index in [1.807, 2.05) is 6.07 Å². The van der Waals surface area contributed by atoms with Gasteiger partial charge in [0.25, 0.3) is 5.91 Å². The first-order chi connectivity index (χ1) is 13.1. The van der Waals surface area contributed by atoms with Gasteiger partial charge in [-0.2, -0.15) is 10.2 Å². The summed E-state index contributed by atoms with van der Waals surface area (Å²) in [5.74, 6) is 1.23. The van der Waals surface area contributed by atoms with Gasteiger partial charge in [0.2, 0.25) is 0 Å². The van der Waals surface area contributed by atoms with Crippen LogP contribution in [-0.2, 0) is 6.54 Å². The second-order valence-electron chi connectivity index (χ2n) is 7.97. The van der Waals surface area contributed by atoms with Gasteiger partial charge in [-0.1, -0.05) is 6.92 Å². The van der Waals surface area contributed by atoms with Crippen LogP contribution in [0.1, 0.15) is 47.2 Å². The number of hydrazine groups is 1. The standard InChI is InChI=1S/C20H24N6O/c1-10-2-3-16-15(9-25-26-16)17(10)13-6-12(11-4-5-23-24-7-11)14-8-22-20(27)18(14)19(13)21/h4-7,10,15-17,25-26H,2-3,8-9,21H2,1H3,(H,22,27). The third-order valence-electron chi connectivity index (χ3n) is 6.56. The van der Waals surface area contributed by atoms with Crippen molar-refractivity contribution < 1.29 is 4.79 Å². The van der Waals surface area contributed by atoms with Crippen LogP contribution >= 0.6 is 0 Å². The van der Waals surface area contributed by atoms with Crippen molar-refractivity contribution in [3.05, 3.63) is 41.2 Å². The van der Waals surface area contributed by atoms with E-state index >= 15 is 0 Å². The minimum Gasteiger partial charge on any atom is -0.398 e. The molecule has 27 heavy (non-hydrogen) atoms. The van der Waals surface area contributed by atoms with Crippen LogP contribution < -0.4 is 21.9 Å². The summed E-state index contributed by atoms with van der Waals surface area (Å²) in [5.41, 5.74) is 18.7. The lowest BCUT2D eigenvalue weighted by Gasteiger charge is -2.39. The normalized spacial score (nSPS) is 29.3. The lowest BCUT2D eigenvalue weighted by Crippen LogP contribution is -2.39. The Morgan fingerprint density at radius 2 is 2.15 bits per heavy atom. The highest BCUT2D eigenvalue weighted by Crippen LogP contribution is 2.47. The SMILES string of the molecule is CC1CCC2NNCC2C1c1cc(-c2ccnnc2)c2c(c1N)C(=O)NC2. The number of nitrogen functional groups attached to an aromatic ring is 1. The van der Waals surface area contributed by atoms with Gasteiger partial charge in [0.15, 0.2) is 0 Å².